The molecular formula is C7H5BrN2O3S. The molecule has 14 heavy (non-hydrogen) atoms. The number of aromatic amines is 1. The van der Waals surface area contributed by atoms with Gasteiger partial charge in [0.2, 0.25) is 0 Å². The number of hydrogen-bond donors (Lipinski definition) is 2. The van der Waals surface area contributed by atoms with Crippen LogP contribution >= 0.6 is 15.9 Å². The van der Waals surface area contributed by atoms with E-state index in [4.69, 9.17) is 4.55 Å². The lowest BCUT2D eigenvalue weighted by Gasteiger charge is -1.93. The van der Waals surface area contributed by atoms with Crippen LogP contribution in [0.2, 0.25) is 0 Å². The predicted molar refractivity (Wildman–Crippen MR) is 53.6 cm³/mol. The van der Waals surface area contributed by atoms with Gasteiger partial charge in [0.25, 0.3) is 10.1 Å². The Labute approximate surface area is 88.0 Å². The van der Waals surface area contributed by atoms with Gasteiger partial charge in [0.1, 0.15) is 15.1 Å². The van der Waals surface area contributed by atoms with Gasteiger partial charge in [0.05, 0.1) is 0 Å². The Kier molecular flexibility index (Phi) is 2.09. The average molecular weight is 277 g/mol. The summed E-state index contributed by atoms with van der Waals surface area (Å²) in [6, 6.07) is 3.16. The molecule has 5 nitrogen and oxygen atoms in total. The minimum atomic E-state index is -4.19. The fraction of sp³-hybridized carbons (Fsp3) is 0. The number of halogens is 1. The SMILES string of the molecule is O=S(=O)(O)c1c[nH]c2nc(Br)ccc12. The van der Waals surface area contributed by atoms with Crippen LogP contribution in [0.1, 0.15) is 0 Å². The van der Waals surface area contributed by atoms with E-state index in [1.54, 1.807) is 12.1 Å². The second-order valence-electron chi connectivity index (χ2n) is 2.66. The van der Waals surface area contributed by atoms with Gasteiger partial charge in [0.15, 0.2) is 0 Å². The van der Waals surface area contributed by atoms with Crippen molar-refractivity contribution in [2.75, 3.05) is 0 Å². The lowest BCUT2D eigenvalue weighted by Crippen LogP contribution is -1.96. The highest BCUT2D eigenvalue weighted by Gasteiger charge is 2.15. The van der Waals surface area contributed by atoms with Crippen molar-refractivity contribution in [3.63, 3.8) is 0 Å². The van der Waals surface area contributed by atoms with Gasteiger partial charge in [-0.15, -0.1) is 0 Å². The highest BCUT2D eigenvalue weighted by atomic mass is 79.9. The van der Waals surface area contributed by atoms with Crippen LogP contribution < -0.4 is 0 Å². The summed E-state index contributed by atoms with van der Waals surface area (Å²) >= 11 is 3.15. The first kappa shape index (κ1) is 9.63. The Bertz CT molecular complexity index is 590. The highest BCUT2D eigenvalue weighted by Crippen LogP contribution is 2.22. The van der Waals surface area contributed by atoms with Gasteiger partial charge >= 0.3 is 0 Å². The zero-order valence-electron chi connectivity index (χ0n) is 6.73. The molecule has 0 aliphatic rings. The Balaban J connectivity index is 2.83. The summed E-state index contributed by atoms with van der Waals surface area (Å²) in [5, 5.41) is 0.371. The van der Waals surface area contributed by atoms with Crippen LogP contribution in [-0.4, -0.2) is 22.9 Å². The van der Waals surface area contributed by atoms with Crippen LogP contribution in [0.3, 0.4) is 0 Å². The first-order valence-corrected chi connectivity index (χ1v) is 5.83. The van der Waals surface area contributed by atoms with Crippen molar-refractivity contribution in [1.29, 1.82) is 0 Å². The van der Waals surface area contributed by atoms with Gasteiger partial charge in [-0.1, -0.05) is 0 Å². The molecule has 2 aromatic rings. The largest absolute Gasteiger partial charge is 0.345 e. The lowest BCUT2D eigenvalue weighted by atomic mass is 10.3. The molecule has 2 aromatic heterocycles. The van der Waals surface area contributed by atoms with Gasteiger partial charge in [-0.25, -0.2) is 4.98 Å². The summed E-state index contributed by atoms with van der Waals surface area (Å²) in [5.41, 5.74) is 0.409. The summed E-state index contributed by atoms with van der Waals surface area (Å²) in [6.45, 7) is 0. The summed E-state index contributed by atoms with van der Waals surface area (Å²) in [6.07, 6.45) is 1.21. The van der Waals surface area contributed by atoms with Crippen molar-refractivity contribution in [3.05, 3.63) is 22.9 Å². The van der Waals surface area contributed by atoms with Gasteiger partial charge < -0.3 is 4.98 Å². The minimum absolute atomic E-state index is 0.160. The first-order chi connectivity index (χ1) is 6.48. The van der Waals surface area contributed by atoms with Crippen molar-refractivity contribution in [2.24, 2.45) is 0 Å². The van der Waals surface area contributed by atoms with E-state index in [2.05, 4.69) is 25.9 Å². The van der Waals surface area contributed by atoms with E-state index in [9.17, 15) is 8.42 Å². The molecule has 0 unspecified atom stereocenters. The Hall–Kier alpha value is -0.920. The molecule has 0 fully saturated rings. The number of hydrogen-bond acceptors (Lipinski definition) is 3. The molecule has 7 heteroatoms. The van der Waals surface area contributed by atoms with Crippen molar-refractivity contribution < 1.29 is 13.0 Å². The number of fused-ring (bicyclic) bond motifs is 1. The molecule has 0 aliphatic heterocycles. The van der Waals surface area contributed by atoms with Crippen molar-refractivity contribution in [2.45, 2.75) is 4.90 Å². The second kappa shape index (κ2) is 3.04. The zero-order valence-corrected chi connectivity index (χ0v) is 9.13. The normalized spacial score (nSPS) is 12.1. The minimum Gasteiger partial charge on any atom is -0.345 e. The quantitative estimate of drug-likeness (QED) is 0.612. The third-order valence-electron chi connectivity index (χ3n) is 1.74. The first-order valence-electron chi connectivity index (χ1n) is 3.59. The summed E-state index contributed by atoms with van der Waals surface area (Å²) in [7, 11) is -4.19. The number of nitrogens with one attached hydrogen (secondary N) is 1. The molecule has 2 rings (SSSR count). The number of nitrogens with zero attached hydrogens (tertiary/aromatic N) is 1. The predicted octanol–water partition coefficient (Wildman–Crippen LogP) is 1.57. The third-order valence-corrected chi connectivity index (χ3v) is 3.08. The standard InChI is InChI=1S/C7H5BrN2O3S/c8-6-2-1-4-5(14(11,12)13)3-9-7(4)10-6/h1-3H,(H,9,10)(H,11,12,13). The van der Waals surface area contributed by atoms with Crippen molar-refractivity contribution >= 4 is 37.1 Å². The molecule has 0 atom stereocenters. The van der Waals surface area contributed by atoms with Crippen LogP contribution in [0.5, 0.6) is 0 Å². The molecular weight excluding hydrogens is 272 g/mol. The average Bonchev–Trinajstić information content (AvgIpc) is 2.45. The fourth-order valence-electron chi connectivity index (χ4n) is 1.17. The molecule has 0 saturated carbocycles. The molecule has 74 valence electrons. The van der Waals surface area contributed by atoms with Gasteiger partial charge in [-0.3, -0.25) is 4.55 Å². The topological polar surface area (TPSA) is 83.0 Å². The fourth-order valence-corrected chi connectivity index (χ4v) is 2.13. The van der Waals surface area contributed by atoms with E-state index in [1.165, 1.54) is 6.20 Å². The molecule has 2 N–H and O–H groups in total. The molecule has 0 saturated heterocycles. The van der Waals surface area contributed by atoms with Crippen LogP contribution in [0.4, 0.5) is 0 Å². The number of aromatic nitrogens is 2. The van der Waals surface area contributed by atoms with Crippen LogP contribution in [-0.2, 0) is 10.1 Å². The summed E-state index contributed by atoms with van der Waals surface area (Å²) in [4.78, 5) is 6.49. The van der Waals surface area contributed by atoms with Crippen molar-refractivity contribution in [3.8, 4) is 0 Å². The Morgan fingerprint density at radius 1 is 1.43 bits per heavy atom. The molecule has 0 spiro atoms. The molecule has 0 amide bonds. The van der Waals surface area contributed by atoms with Gasteiger partial charge in [-0.05, 0) is 28.1 Å². The summed E-state index contributed by atoms with van der Waals surface area (Å²) in [5.74, 6) is 0. The van der Waals surface area contributed by atoms with E-state index in [-0.39, 0.29) is 4.90 Å². The van der Waals surface area contributed by atoms with Crippen LogP contribution in [0.15, 0.2) is 27.8 Å². The van der Waals surface area contributed by atoms with E-state index in [0.29, 0.717) is 15.6 Å². The van der Waals surface area contributed by atoms with E-state index < -0.39 is 10.1 Å². The zero-order chi connectivity index (χ0) is 10.3. The maximum Gasteiger partial charge on any atom is 0.296 e. The smallest absolute Gasteiger partial charge is 0.296 e. The summed E-state index contributed by atoms with van der Waals surface area (Å²) < 4.78 is 31.2. The van der Waals surface area contributed by atoms with E-state index in [0.717, 1.165) is 0 Å². The molecule has 0 radical (unpaired) electrons. The van der Waals surface area contributed by atoms with Crippen LogP contribution in [0.25, 0.3) is 11.0 Å². The maximum absolute atomic E-state index is 10.9. The van der Waals surface area contributed by atoms with Crippen molar-refractivity contribution in [1.82, 2.24) is 9.97 Å². The number of rotatable bonds is 1. The van der Waals surface area contributed by atoms with E-state index >= 15 is 0 Å². The van der Waals surface area contributed by atoms with Gasteiger partial charge in [0, 0.05) is 11.6 Å². The Morgan fingerprint density at radius 2 is 2.14 bits per heavy atom. The third kappa shape index (κ3) is 1.54. The molecule has 0 aliphatic carbocycles. The molecule has 0 bridgehead atoms. The lowest BCUT2D eigenvalue weighted by molar-refractivity contribution is 0.484. The van der Waals surface area contributed by atoms with E-state index in [1.807, 2.05) is 0 Å². The van der Waals surface area contributed by atoms with Gasteiger partial charge in [-0.2, -0.15) is 8.42 Å². The van der Waals surface area contributed by atoms with Crippen LogP contribution in [0, 0.1) is 0 Å². The molecule has 2 heterocycles. The Morgan fingerprint density at radius 3 is 2.79 bits per heavy atom. The molecule has 0 aromatic carbocycles. The monoisotopic (exact) mass is 276 g/mol. The number of pyridine rings is 1. The highest BCUT2D eigenvalue weighted by molar-refractivity contribution is 9.10. The maximum atomic E-state index is 10.9. The number of H-pyrrole nitrogens is 1. The second-order valence-corrected chi connectivity index (χ2v) is 4.86.